The predicted molar refractivity (Wildman–Crippen MR) is 79.3 cm³/mol. The Bertz CT molecular complexity index is 355. The lowest BCUT2D eigenvalue weighted by atomic mass is 10.0. The van der Waals surface area contributed by atoms with Gasteiger partial charge in [0.2, 0.25) is 0 Å². The van der Waals surface area contributed by atoms with Crippen LogP contribution < -0.4 is 5.32 Å². The highest BCUT2D eigenvalue weighted by Crippen LogP contribution is 2.18. The lowest BCUT2D eigenvalue weighted by Gasteiger charge is -2.37. The standard InChI is InChI=1S/C16H26N2O/c1-3-15-13-19-11-10-18(15)12-16(17-4-2)14-8-6-5-7-9-14/h5-9,15-17H,3-4,10-13H2,1-2H3. The molecular weight excluding hydrogens is 236 g/mol. The number of nitrogens with zero attached hydrogens (tertiary/aromatic N) is 1. The maximum atomic E-state index is 5.59. The molecule has 0 amide bonds. The quantitative estimate of drug-likeness (QED) is 0.852. The molecule has 0 radical (unpaired) electrons. The van der Waals surface area contributed by atoms with Gasteiger partial charge in [-0.05, 0) is 18.5 Å². The summed E-state index contributed by atoms with van der Waals surface area (Å²) in [6, 6.07) is 11.7. The molecule has 0 saturated carbocycles. The van der Waals surface area contributed by atoms with Crippen LogP contribution >= 0.6 is 0 Å². The summed E-state index contributed by atoms with van der Waals surface area (Å²) in [5, 5.41) is 3.61. The van der Waals surface area contributed by atoms with Gasteiger partial charge in [0.25, 0.3) is 0 Å². The van der Waals surface area contributed by atoms with Gasteiger partial charge in [0.15, 0.2) is 0 Å². The summed E-state index contributed by atoms with van der Waals surface area (Å²) in [7, 11) is 0. The molecule has 3 heteroatoms. The first-order chi connectivity index (χ1) is 9.35. The highest BCUT2D eigenvalue weighted by molar-refractivity contribution is 5.19. The molecule has 0 spiro atoms. The molecule has 0 aliphatic carbocycles. The Kier molecular flexibility index (Phi) is 5.83. The van der Waals surface area contributed by atoms with Gasteiger partial charge in [0.05, 0.1) is 13.2 Å². The summed E-state index contributed by atoms with van der Waals surface area (Å²) >= 11 is 0. The molecule has 2 atom stereocenters. The van der Waals surface area contributed by atoms with Crippen molar-refractivity contribution in [1.29, 1.82) is 0 Å². The fourth-order valence-corrected chi connectivity index (χ4v) is 2.76. The Labute approximate surface area is 116 Å². The molecule has 2 rings (SSSR count). The average Bonchev–Trinajstić information content (AvgIpc) is 2.48. The average molecular weight is 262 g/mol. The maximum absolute atomic E-state index is 5.59. The molecule has 1 aromatic rings. The monoisotopic (exact) mass is 262 g/mol. The lowest BCUT2D eigenvalue weighted by molar-refractivity contribution is -0.0126. The molecule has 1 heterocycles. The van der Waals surface area contributed by atoms with E-state index in [1.807, 2.05) is 0 Å². The third-order valence-corrected chi connectivity index (χ3v) is 3.89. The zero-order valence-electron chi connectivity index (χ0n) is 12.1. The Morgan fingerprint density at radius 1 is 1.32 bits per heavy atom. The van der Waals surface area contributed by atoms with Crippen LogP contribution in [0.3, 0.4) is 0 Å². The fraction of sp³-hybridized carbons (Fsp3) is 0.625. The van der Waals surface area contributed by atoms with Crippen molar-refractivity contribution in [3.63, 3.8) is 0 Å². The van der Waals surface area contributed by atoms with E-state index in [4.69, 9.17) is 4.74 Å². The molecule has 3 nitrogen and oxygen atoms in total. The predicted octanol–water partition coefficient (Wildman–Crippen LogP) is 2.45. The minimum Gasteiger partial charge on any atom is -0.378 e. The van der Waals surface area contributed by atoms with Crippen LogP contribution in [0.2, 0.25) is 0 Å². The van der Waals surface area contributed by atoms with Gasteiger partial charge in [-0.25, -0.2) is 0 Å². The molecule has 1 aliphatic rings. The van der Waals surface area contributed by atoms with Crippen molar-refractivity contribution in [3.8, 4) is 0 Å². The first-order valence-electron chi connectivity index (χ1n) is 7.45. The zero-order chi connectivity index (χ0) is 13.5. The van der Waals surface area contributed by atoms with E-state index >= 15 is 0 Å². The van der Waals surface area contributed by atoms with Crippen molar-refractivity contribution >= 4 is 0 Å². The van der Waals surface area contributed by atoms with Crippen molar-refractivity contribution in [2.45, 2.75) is 32.4 Å². The van der Waals surface area contributed by atoms with E-state index in [0.717, 1.165) is 39.3 Å². The van der Waals surface area contributed by atoms with Crippen molar-refractivity contribution in [3.05, 3.63) is 35.9 Å². The number of hydrogen-bond donors (Lipinski definition) is 1. The molecule has 1 aromatic carbocycles. The van der Waals surface area contributed by atoms with Crippen LogP contribution in [-0.4, -0.2) is 43.8 Å². The summed E-state index contributed by atoms with van der Waals surface area (Å²) in [6.07, 6.45) is 1.16. The summed E-state index contributed by atoms with van der Waals surface area (Å²) in [5.41, 5.74) is 1.38. The lowest BCUT2D eigenvalue weighted by Crippen LogP contribution is -2.48. The number of rotatable bonds is 6. The normalized spacial score (nSPS) is 22.3. The number of likely N-dealkylation sites (N-methyl/N-ethyl adjacent to an activating group) is 1. The first kappa shape index (κ1) is 14.5. The summed E-state index contributed by atoms with van der Waals surface area (Å²) in [6.45, 7) is 9.28. The van der Waals surface area contributed by atoms with Crippen molar-refractivity contribution in [1.82, 2.24) is 10.2 Å². The van der Waals surface area contributed by atoms with Crippen LogP contribution in [0, 0.1) is 0 Å². The number of hydrogen-bond acceptors (Lipinski definition) is 3. The number of morpholine rings is 1. The van der Waals surface area contributed by atoms with E-state index in [2.05, 4.69) is 54.4 Å². The maximum Gasteiger partial charge on any atom is 0.0622 e. The van der Waals surface area contributed by atoms with E-state index in [9.17, 15) is 0 Å². The van der Waals surface area contributed by atoms with Gasteiger partial charge in [-0.3, -0.25) is 4.90 Å². The van der Waals surface area contributed by atoms with Crippen molar-refractivity contribution in [2.24, 2.45) is 0 Å². The second kappa shape index (κ2) is 7.63. The van der Waals surface area contributed by atoms with Gasteiger partial charge >= 0.3 is 0 Å². The molecule has 1 N–H and O–H groups in total. The van der Waals surface area contributed by atoms with Crippen molar-refractivity contribution < 1.29 is 4.74 Å². The topological polar surface area (TPSA) is 24.5 Å². The van der Waals surface area contributed by atoms with Gasteiger partial charge in [0, 0.05) is 25.2 Å². The van der Waals surface area contributed by atoms with E-state index < -0.39 is 0 Å². The van der Waals surface area contributed by atoms with Gasteiger partial charge in [-0.1, -0.05) is 44.2 Å². The van der Waals surface area contributed by atoms with Gasteiger partial charge < -0.3 is 10.1 Å². The molecule has 1 saturated heterocycles. The van der Waals surface area contributed by atoms with E-state index in [-0.39, 0.29) is 0 Å². The molecular formula is C16H26N2O. The van der Waals surface area contributed by atoms with E-state index in [1.54, 1.807) is 0 Å². The van der Waals surface area contributed by atoms with Gasteiger partial charge in [-0.2, -0.15) is 0 Å². The molecule has 1 aliphatic heterocycles. The summed E-state index contributed by atoms with van der Waals surface area (Å²) < 4.78 is 5.59. The van der Waals surface area contributed by atoms with Crippen LogP contribution in [0.15, 0.2) is 30.3 Å². The first-order valence-corrected chi connectivity index (χ1v) is 7.45. The molecule has 2 unspecified atom stereocenters. The minimum absolute atomic E-state index is 0.415. The molecule has 106 valence electrons. The number of benzene rings is 1. The molecule has 19 heavy (non-hydrogen) atoms. The van der Waals surface area contributed by atoms with Crippen LogP contribution in [0.1, 0.15) is 31.9 Å². The summed E-state index contributed by atoms with van der Waals surface area (Å²) in [4.78, 5) is 2.57. The number of nitrogens with one attached hydrogen (secondary N) is 1. The Hall–Kier alpha value is -0.900. The highest BCUT2D eigenvalue weighted by Gasteiger charge is 2.24. The third-order valence-electron chi connectivity index (χ3n) is 3.89. The minimum atomic E-state index is 0.415. The van der Waals surface area contributed by atoms with Gasteiger partial charge in [-0.15, -0.1) is 0 Å². The second-order valence-electron chi connectivity index (χ2n) is 5.15. The van der Waals surface area contributed by atoms with Crippen LogP contribution in [0.5, 0.6) is 0 Å². The SMILES string of the molecule is CCNC(CN1CCOCC1CC)c1ccccc1. The summed E-state index contributed by atoms with van der Waals surface area (Å²) in [5.74, 6) is 0. The van der Waals surface area contributed by atoms with Gasteiger partial charge in [0.1, 0.15) is 0 Å². The van der Waals surface area contributed by atoms with Crippen LogP contribution in [-0.2, 0) is 4.74 Å². The van der Waals surface area contributed by atoms with E-state index in [1.165, 1.54) is 5.56 Å². The highest BCUT2D eigenvalue weighted by atomic mass is 16.5. The van der Waals surface area contributed by atoms with Crippen LogP contribution in [0.25, 0.3) is 0 Å². The Morgan fingerprint density at radius 2 is 2.11 bits per heavy atom. The Balaban J connectivity index is 2.03. The second-order valence-corrected chi connectivity index (χ2v) is 5.15. The molecule has 0 bridgehead atoms. The van der Waals surface area contributed by atoms with Crippen LogP contribution in [0.4, 0.5) is 0 Å². The largest absolute Gasteiger partial charge is 0.378 e. The Morgan fingerprint density at radius 3 is 2.79 bits per heavy atom. The number of ether oxygens (including phenoxy) is 1. The molecule has 1 fully saturated rings. The van der Waals surface area contributed by atoms with E-state index in [0.29, 0.717) is 12.1 Å². The fourth-order valence-electron chi connectivity index (χ4n) is 2.76. The molecule has 0 aromatic heterocycles. The van der Waals surface area contributed by atoms with Crippen molar-refractivity contribution in [2.75, 3.05) is 32.8 Å². The zero-order valence-corrected chi connectivity index (χ0v) is 12.1. The third kappa shape index (κ3) is 4.03. The smallest absolute Gasteiger partial charge is 0.0622 e.